The molecule has 0 bridgehead atoms. The summed E-state index contributed by atoms with van der Waals surface area (Å²) < 4.78 is 13.0. The number of carbonyl (C=O) groups is 2. The van der Waals surface area contributed by atoms with Crippen molar-refractivity contribution in [2.24, 2.45) is 5.92 Å². The van der Waals surface area contributed by atoms with Crippen molar-refractivity contribution >= 4 is 23.2 Å². The van der Waals surface area contributed by atoms with Gasteiger partial charge in [-0.15, -0.1) is 0 Å². The molecule has 158 valence electrons. The predicted octanol–water partition coefficient (Wildman–Crippen LogP) is 5.26. The first-order valence-corrected chi connectivity index (χ1v) is 10.5. The Hall–Kier alpha value is -3.47. The zero-order valence-electron chi connectivity index (χ0n) is 17.5. The second-order valence-corrected chi connectivity index (χ2v) is 8.09. The number of hydrogen-bond acceptors (Lipinski definition) is 2. The van der Waals surface area contributed by atoms with Crippen LogP contribution in [0.1, 0.15) is 29.5 Å². The molecule has 1 fully saturated rings. The van der Waals surface area contributed by atoms with Crippen LogP contribution in [-0.4, -0.2) is 11.8 Å². The van der Waals surface area contributed by atoms with Gasteiger partial charge < -0.3 is 10.2 Å². The highest BCUT2D eigenvalue weighted by Gasteiger charge is 2.34. The fourth-order valence-corrected chi connectivity index (χ4v) is 3.48. The number of nitrogens with one attached hydrogen (secondary N) is 1. The fraction of sp³-hybridized carbons (Fsp3) is 0.231. The number of hydrogen-bond donors (Lipinski definition) is 1. The van der Waals surface area contributed by atoms with E-state index in [-0.39, 0.29) is 30.0 Å². The van der Waals surface area contributed by atoms with Crippen molar-refractivity contribution in [2.45, 2.75) is 32.7 Å². The van der Waals surface area contributed by atoms with Gasteiger partial charge in [0.1, 0.15) is 5.82 Å². The molecule has 0 radical (unpaired) electrons. The van der Waals surface area contributed by atoms with Gasteiger partial charge in [0.15, 0.2) is 0 Å². The third kappa shape index (κ3) is 5.57. The summed E-state index contributed by atoms with van der Waals surface area (Å²) in [6.07, 6.45) is 2.03. The average molecular weight is 416 g/mol. The van der Waals surface area contributed by atoms with Gasteiger partial charge in [-0.25, -0.2) is 4.39 Å². The van der Waals surface area contributed by atoms with E-state index >= 15 is 0 Å². The van der Waals surface area contributed by atoms with E-state index in [4.69, 9.17) is 0 Å². The maximum atomic E-state index is 13.0. The van der Waals surface area contributed by atoms with Crippen LogP contribution in [0.25, 0.3) is 0 Å². The standard InChI is InChI=1S/C26H25FN2O2/c1-18-5-7-19(8-6-18)17-29(26(31)21-9-10-21)24-4-2-3-20(15-24)16-25(30)28-23-13-11-22(27)12-14-23/h2-8,11-15,21H,9-10,16-17H2,1H3,(H,28,30). The number of benzene rings is 3. The summed E-state index contributed by atoms with van der Waals surface area (Å²) in [6.45, 7) is 2.54. The van der Waals surface area contributed by atoms with Gasteiger partial charge in [0.2, 0.25) is 11.8 Å². The van der Waals surface area contributed by atoms with Crippen LogP contribution >= 0.6 is 0 Å². The normalized spacial score (nSPS) is 13.0. The smallest absolute Gasteiger partial charge is 0.230 e. The van der Waals surface area contributed by atoms with E-state index in [1.54, 1.807) is 0 Å². The molecule has 4 nitrogen and oxygen atoms in total. The largest absolute Gasteiger partial charge is 0.326 e. The molecule has 0 heterocycles. The maximum Gasteiger partial charge on any atom is 0.230 e. The lowest BCUT2D eigenvalue weighted by Crippen LogP contribution is -2.31. The Kier molecular flexibility index (Phi) is 6.12. The van der Waals surface area contributed by atoms with E-state index < -0.39 is 0 Å². The molecule has 1 aliphatic carbocycles. The van der Waals surface area contributed by atoms with E-state index in [1.165, 1.54) is 29.8 Å². The number of amides is 2. The molecule has 3 aromatic rings. The van der Waals surface area contributed by atoms with Gasteiger partial charge in [0.05, 0.1) is 13.0 Å². The molecule has 0 spiro atoms. The van der Waals surface area contributed by atoms with Crippen LogP contribution in [0.4, 0.5) is 15.8 Å². The van der Waals surface area contributed by atoms with Crippen LogP contribution < -0.4 is 10.2 Å². The molecule has 0 unspecified atom stereocenters. The third-order valence-corrected chi connectivity index (χ3v) is 5.37. The van der Waals surface area contributed by atoms with E-state index in [2.05, 4.69) is 5.32 Å². The summed E-state index contributed by atoms with van der Waals surface area (Å²) in [5.74, 6) is -0.313. The van der Waals surface area contributed by atoms with Gasteiger partial charge in [-0.05, 0) is 67.3 Å². The summed E-state index contributed by atoms with van der Waals surface area (Å²) in [5, 5.41) is 2.78. The molecule has 31 heavy (non-hydrogen) atoms. The van der Waals surface area contributed by atoms with Gasteiger partial charge in [-0.1, -0.05) is 42.0 Å². The highest BCUT2D eigenvalue weighted by atomic mass is 19.1. The third-order valence-electron chi connectivity index (χ3n) is 5.37. The Morgan fingerprint density at radius 3 is 2.35 bits per heavy atom. The van der Waals surface area contributed by atoms with Crippen molar-refractivity contribution in [3.05, 3.63) is 95.3 Å². The number of rotatable bonds is 7. The Bertz CT molecular complexity index is 1070. The van der Waals surface area contributed by atoms with Crippen LogP contribution in [0.15, 0.2) is 72.8 Å². The summed E-state index contributed by atoms with van der Waals surface area (Å²) in [5.41, 5.74) is 4.41. The first kappa shape index (κ1) is 20.8. The summed E-state index contributed by atoms with van der Waals surface area (Å²) in [4.78, 5) is 27.3. The maximum absolute atomic E-state index is 13.0. The Balaban J connectivity index is 1.50. The minimum absolute atomic E-state index is 0.0934. The Morgan fingerprint density at radius 2 is 1.68 bits per heavy atom. The second-order valence-electron chi connectivity index (χ2n) is 8.09. The molecule has 3 aromatic carbocycles. The van der Waals surface area contributed by atoms with Crippen molar-refractivity contribution in [1.82, 2.24) is 0 Å². The minimum Gasteiger partial charge on any atom is -0.326 e. The summed E-state index contributed by atoms with van der Waals surface area (Å²) >= 11 is 0. The van der Waals surface area contributed by atoms with Gasteiger partial charge >= 0.3 is 0 Å². The zero-order valence-corrected chi connectivity index (χ0v) is 17.5. The molecule has 0 atom stereocenters. The molecule has 2 amide bonds. The summed E-state index contributed by atoms with van der Waals surface area (Å²) in [6, 6.07) is 21.4. The lowest BCUT2D eigenvalue weighted by atomic mass is 10.1. The van der Waals surface area contributed by atoms with Crippen molar-refractivity contribution in [2.75, 3.05) is 10.2 Å². The molecule has 0 aromatic heterocycles. The molecule has 0 aliphatic heterocycles. The van der Waals surface area contributed by atoms with Crippen molar-refractivity contribution in [3.63, 3.8) is 0 Å². The fourth-order valence-electron chi connectivity index (χ4n) is 3.48. The zero-order chi connectivity index (χ0) is 21.8. The van der Waals surface area contributed by atoms with E-state index in [0.717, 1.165) is 29.7 Å². The van der Waals surface area contributed by atoms with Crippen LogP contribution in [0.3, 0.4) is 0 Å². The predicted molar refractivity (Wildman–Crippen MR) is 120 cm³/mol. The topological polar surface area (TPSA) is 49.4 Å². The molecule has 1 saturated carbocycles. The van der Waals surface area contributed by atoms with Gasteiger partial charge in [-0.3, -0.25) is 9.59 Å². The van der Waals surface area contributed by atoms with Crippen LogP contribution in [-0.2, 0) is 22.6 Å². The lowest BCUT2D eigenvalue weighted by molar-refractivity contribution is -0.120. The van der Waals surface area contributed by atoms with E-state index in [0.29, 0.717) is 12.2 Å². The molecule has 1 N–H and O–H groups in total. The number of anilines is 2. The average Bonchev–Trinajstić information content (AvgIpc) is 3.60. The second kappa shape index (κ2) is 9.13. The molecule has 4 rings (SSSR count). The van der Waals surface area contributed by atoms with Crippen molar-refractivity contribution in [1.29, 1.82) is 0 Å². The number of carbonyl (C=O) groups excluding carboxylic acids is 2. The van der Waals surface area contributed by atoms with Gasteiger partial charge in [-0.2, -0.15) is 0 Å². The quantitative estimate of drug-likeness (QED) is 0.571. The van der Waals surface area contributed by atoms with Gasteiger partial charge in [0, 0.05) is 17.3 Å². The van der Waals surface area contributed by atoms with Crippen molar-refractivity contribution < 1.29 is 14.0 Å². The number of nitrogens with zero attached hydrogens (tertiary/aromatic N) is 1. The van der Waals surface area contributed by atoms with Crippen LogP contribution in [0.5, 0.6) is 0 Å². The Morgan fingerprint density at radius 1 is 0.968 bits per heavy atom. The Labute approximate surface area is 181 Å². The minimum atomic E-state index is -0.348. The first-order chi connectivity index (χ1) is 15.0. The highest BCUT2D eigenvalue weighted by molar-refractivity contribution is 5.97. The summed E-state index contributed by atoms with van der Waals surface area (Å²) in [7, 11) is 0. The van der Waals surface area contributed by atoms with Crippen LogP contribution in [0, 0.1) is 18.7 Å². The molecule has 0 saturated heterocycles. The SMILES string of the molecule is Cc1ccc(CN(C(=O)C2CC2)c2cccc(CC(=O)Nc3ccc(F)cc3)c2)cc1. The molecular weight excluding hydrogens is 391 g/mol. The molecule has 5 heteroatoms. The van der Waals surface area contributed by atoms with E-state index in [9.17, 15) is 14.0 Å². The molecular formula is C26H25FN2O2. The van der Waals surface area contributed by atoms with Crippen molar-refractivity contribution in [3.8, 4) is 0 Å². The van der Waals surface area contributed by atoms with Crippen LogP contribution in [0.2, 0.25) is 0 Å². The molecule has 1 aliphatic rings. The first-order valence-electron chi connectivity index (χ1n) is 10.5. The number of halogens is 1. The van der Waals surface area contributed by atoms with Gasteiger partial charge in [0.25, 0.3) is 0 Å². The highest BCUT2D eigenvalue weighted by Crippen LogP contribution is 2.34. The van der Waals surface area contributed by atoms with E-state index in [1.807, 2.05) is 60.4 Å². The number of aryl methyl sites for hydroxylation is 1. The monoisotopic (exact) mass is 416 g/mol. The lowest BCUT2D eigenvalue weighted by Gasteiger charge is -2.24.